The Hall–Kier alpha value is -2.03. The lowest BCUT2D eigenvalue weighted by Gasteiger charge is -2.26. The molecule has 0 spiro atoms. The first-order valence-corrected chi connectivity index (χ1v) is 7.19. The Morgan fingerprint density at radius 2 is 2.15 bits per heavy atom. The SMILES string of the molecule is CC1=CCCC(=O)N1CCc1c[nH]c2ccc(C)cc12. The number of carbonyl (C=O) groups is 1. The van der Waals surface area contributed by atoms with E-state index in [0.717, 1.165) is 25.1 Å². The Balaban J connectivity index is 1.80. The zero-order chi connectivity index (χ0) is 14.1. The van der Waals surface area contributed by atoms with Crippen LogP contribution in [0.5, 0.6) is 0 Å². The Morgan fingerprint density at radius 3 is 2.95 bits per heavy atom. The summed E-state index contributed by atoms with van der Waals surface area (Å²) >= 11 is 0. The smallest absolute Gasteiger partial charge is 0.227 e. The maximum Gasteiger partial charge on any atom is 0.227 e. The molecule has 1 aliphatic rings. The number of hydrogen-bond donors (Lipinski definition) is 1. The summed E-state index contributed by atoms with van der Waals surface area (Å²) in [5, 5.41) is 1.27. The molecule has 0 saturated heterocycles. The van der Waals surface area contributed by atoms with Crippen molar-refractivity contribution >= 4 is 16.8 Å². The summed E-state index contributed by atoms with van der Waals surface area (Å²) < 4.78 is 0. The van der Waals surface area contributed by atoms with Crippen LogP contribution in [0, 0.1) is 6.92 Å². The van der Waals surface area contributed by atoms with Crippen LogP contribution < -0.4 is 0 Å². The minimum atomic E-state index is 0.251. The zero-order valence-electron chi connectivity index (χ0n) is 12.1. The minimum Gasteiger partial charge on any atom is -0.361 e. The first kappa shape index (κ1) is 13.0. The summed E-state index contributed by atoms with van der Waals surface area (Å²) in [6.45, 7) is 4.90. The molecule has 2 heterocycles. The third-order valence-electron chi connectivity index (χ3n) is 4.05. The Labute approximate surface area is 119 Å². The van der Waals surface area contributed by atoms with Crippen molar-refractivity contribution in [2.24, 2.45) is 0 Å². The molecule has 0 bridgehead atoms. The molecule has 1 aromatic heterocycles. The normalized spacial score (nSPS) is 15.8. The molecule has 0 atom stereocenters. The van der Waals surface area contributed by atoms with Crippen LogP contribution in [-0.2, 0) is 11.2 Å². The van der Waals surface area contributed by atoms with Crippen molar-refractivity contribution < 1.29 is 4.79 Å². The fourth-order valence-corrected chi connectivity index (χ4v) is 2.88. The van der Waals surface area contributed by atoms with Gasteiger partial charge in [-0.3, -0.25) is 4.79 Å². The lowest BCUT2D eigenvalue weighted by molar-refractivity contribution is -0.129. The number of aromatic nitrogens is 1. The van der Waals surface area contributed by atoms with E-state index in [4.69, 9.17) is 0 Å². The molecule has 0 saturated carbocycles. The topological polar surface area (TPSA) is 36.1 Å². The van der Waals surface area contributed by atoms with Crippen LogP contribution in [0.2, 0.25) is 0 Å². The predicted octanol–water partition coefficient (Wildman–Crippen LogP) is 3.55. The van der Waals surface area contributed by atoms with Crippen LogP contribution in [-0.4, -0.2) is 22.3 Å². The highest BCUT2D eigenvalue weighted by atomic mass is 16.2. The highest BCUT2D eigenvalue weighted by Crippen LogP contribution is 2.22. The van der Waals surface area contributed by atoms with E-state index >= 15 is 0 Å². The van der Waals surface area contributed by atoms with Crippen LogP contribution >= 0.6 is 0 Å². The van der Waals surface area contributed by atoms with Gasteiger partial charge in [-0.05, 0) is 44.4 Å². The molecule has 104 valence electrons. The second-order valence-corrected chi connectivity index (χ2v) is 5.54. The van der Waals surface area contributed by atoms with Crippen molar-refractivity contribution in [1.29, 1.82) is 0 Å². The van der Waals surface area contributed by atoms with E-state index in [2.05, 4.69) is 42.4 Å². The van der Waals surface area contributed by atoms with Gasteiger partial charge < -0.3 is 9.88 Å². The Bertz CT molecular complexity index is 681. The molecule has 1 aromatic carbocycles. The second-order valence-electron chi connectivity index (χ2n) is 5.54. The van der Waals surface area contributed by atoms with Gasteiger partial charge in [0.2, 0.25) is 5.91 Å². The number of H-pyrrole nitrogens is 1. The quantitative estimate of drug-likeness (QED) is 0.908. The molecule has 1 N–H and O–H groups in total. The number of nitrogens with zero attached hydrogens (tertiary/aromatic N) is 1. The molecule has 1 aliphatic heterocycles. The largest absolute Gasteiger partial charge is 0.361 e. The molecule has 2 aromatic rings. The van der Waals surface area contributed by atoms with Gasteiger partial charge in [0.1, 0.15) is 0 Å². The van der Waals surface area contributed by atoms with Gasteiger partial charge in [0.15, 0.2) is 0 Å². The van der Waals surface area contributed by atoms with Crippen molar-refractivity contribution in [1.82, 2.24) is 9.88 Å². The highest BCUT2D eigenvalue weighted by molar-refractivity contribution is 5.84. The molecule has 1 amide bonds. The van der Waals surface area contributed by atoms with E-state index in [9.17, 15) is 4.79 Å². The van der Waals surface area contributed by atoms with E-state index < -0.39 is 0 Å². The van der Waals surface area contributed by atoms with Crippen molar-refractivity contribution in [3.63, 3.8) is 0 Å². The number of aryl methyl sites for hydroxylation is 1. The van der Waals surface area contributed by atoms with Gasteiger partial charge in [-0.2, -0.15) is 0 Å². The fourth-order valence-electron chi connectivity index (χ4n) is 2.88. The minimum absolute atomic E-state index is 0.251. The molecular weight excluding hydrogens is 248 g/mol. The molecular formula is C17H20N2O. The zero-order valence-corrected chi connectivity index (χ0v) is 12.1. The predicted molar refractivity (Wildman–Crippen MR) is 81.4 cm³/mol. The Morgan fingerprint density at radius 1 is 1.30 bits per heavy atom. The van der Waals surface area contributed by atoms with E-state index in [-0.39, 0.29) is 5.91 Å². The summed E-state index contributed by atoms with van der Waals surface area (Å²) in [4.78, 5) is 17.2. The number of nitrogens with one attached hydrogen (secondary N) is 1. The van der Waals surface area contributed by atoms with Gasteiger partial charge in [-0.15, -0.1) is 0 Å². The van der Waals surface area contributed by atoms with Gasteiger partial charge in [0, 0.05) is 35.8 Å². The lowest BCUT2D eigenvalue weighted by Crippen LogP contribution is -2.33. The summed E-state index contributed by atoms with van der Waals surface area (Å²) in [7, 11) is 0. The summed E-state index contributed by atoms with van der Waals surface area (Å²) in [5.41, 5.74) is 4.82. The number of fused-ring (bicyclic) bond motifs is 1. The van der Waals surface area contributed by atoms with E-state index in [1.54, 1.807) is 0 Å². The number of amides is 1. The van der Waals surface area contributed by atoms with Gasteiger partial charge >= 0.3 is 0 Å². The van der Waals surface area contributed by atoms with Crippen molar-refractivity contribution in [3.8, 4) is 0 Å². The standard InChI is InChI=1S/C17H20N2O/c1-12-6-7-16-15(10-12)14(11-18-16)8-9-19-13(2)4-3-5-17(19)20/h4,6-7,10-11,18H,3,5,8-9H2,1-2H3. The highest BCUT2D eigenvalue weighted by Gasteiger charge is 2.18. The molecule has 0 unspecified atom stereocenters. The molecule has 0 aliphatic carbocycles. The fraction of sp³-hybridized carbons (Fsp3) is 0.353. The summed E-state index contributed by atoms with van der Waals surface area (Å²) in [6.07, 6.45) is 6.64. The molecule has 20 heavy (non-hydrogen) atoms. The number of allylic oxidation sites excluding steroid dienone is 2. The average Bonchev–Trinajstić information content (AvgIpc) is 2.81. The maximum absolute atomic E-state index is 12.0. The molecule has 0 fully saturated rings. The lowest BCUT2D eigenvalue weighted by atomic mass is 10.1. The molecule has 3 nitrogen and oxygen atoms in total. The number of aromatic amines is 1. The average molecular weight is 268 g/mol. The molecule has 3 rings (SSSR count). The van der Waals surface area contributed by atoms with Gasteiger partial charge in [-0.1, -0.05) is 17.7 Å². The van der Waals surface area contributed by atoms with Crippen LogP contribution in [0.15, 0.2) is 36.2 Å². The Kier molecular flexibility index (Phi) is 3.35. The van der Waals surface area contributed by atoms with E-state index in [1.807, 2.05) is 11.8 Å². The maximum atomic E-state index is 12.0. The van der Waals surface area contributed by atoms with E-state index in [0.29, 0.717) is 6.42 Å². The summed E-state index contributed by atoms with van der Waals surface area (Å²) in [6, 6.07) is 6.44. The van der Waals surface area contributed by atoms with Crippen molar-refractivity contribution in [2.45, 2.75) is 33.1 Å². The number of hydrogen-bond acceptors (Lipinski definition) is 1. The number of carbonyl (C=O) groups excluding carboxylic acids is 1. The van der Waals surface area contributed by atoms with Crippen LogP contribution in [0.4, 0.5) is 0 Å². The third-order valence-corrected chi connectivity index (χ3v) is 4.05. The van der Waals surface area contributed by atoms with Crippen molar-refractivity contribution in [3.05, 3.63) is 47.3 Å². The summed E-state index contributed by atoms with van der Waals surface area (Å²) in [5.74, 6) is 0.251. The van der Waals surface area contributed by atoms with Crippen LogP contribution in [0.1, 0.15) is 30.9 Å². The van der Waals surface area contributed by atoms with Crippen LogP contribution in [0.25, 0.3) is 10.9 Å². The molecule has 0 radical (unpaired) electrons. The molecule has 3 heteroatoms. The van der Waals surface area contributed by atoms with Gasteiger partial charge in [0.25, 0.3) is 0 Å². The van der Waals surface area contributed by atoms with Crippen molar-refractivity contribution in [2.75, 3.05) is 6.54 Å². The number of benzene rings is 1. The number of rotatable bonds is 3. The monoisotopic (exact) mass is 268 g/mol. The first-order valence-electron chi connectivity index (χ1n) is 7.19. The van der Waals surface area contributed by atoms with Crippen LogP contribution in [0.3, 0.4) is 0 Å². The van der Waals surface area contributed by atoms with E-state index in [1.165, 1.54) is 22.0 Å². The second kappa shape index (κ2) is 5.16. The first-order chi connectivity index (χ1) is 9.65. The van der Waals surface area contributed by atoms with Gasteiger partial charge in [0.05, 0.1) is 0 Å². The van der Waals surface area contributed by atoms with Gasteiger partial charge in [-0.25, -0.2) is 0 Å². The third kappa shape index (κ3) is 2.36.